The Kier molecular flexibility index (Phi) is 2.60. The van der Waals surface area contributed by atoms with E-state index in [2.05, 4.69) is 11.9 Å². The summed E-state index contributed by atoms with van der Waals surface area (Å²) in [5.74, 6) is 1.96. The van der Waals surface area contributed by atoms with Crippen LogP contribution in [0.25, 0.3) is 0 Å². The fourth-order valence-corrected chi connectivity index (χ4v) is 2.32. The second-order valence-electron chi connectivity index (χ2n) is 2.70. The van der Waals surface area contributed by atoms with Crippen molar-refractivity contribution < 1.29 is 0 Å². The Morgan fingerprint density at radius 3 is 2.80 bits per heavy atom. The lowest BCUT2D eigenvalue weighted by molar-refractivity contribution is 0.679. The molecular weight excluding hydrogens is 144 g/mol. The largest absolute Gasteiger partial charge is 0.388 e. The first kappa shape index (κ1) is 7.92. The normalized spacial score (nSPS) is 34.8. The highest BCUT2D eigenvalue weighted by Crippen LogP contribution is 2.28. The number of aliphatic imine (C=N–C) groups is 1. The van der Waals surface area contributed by atoms with Crippen LogP contribution in [0.3, 0.4) is 0 Å². The number of hydrogen-bond acceptors (Lipinski definition) is 2. The van der Waals surface area contributed by atoms with Gasteiger partial charge in [0.25, 0.3) is 0 Å². The Hall–Kier alpha value is -0.180. The van der Waals surface area contributed by atoms with E-state index in [0.29, 0.717) is 11.3 Å². The molecule has 58 valence electrons. The third-order valence-corrected chi connectivity index (χ3v) is 3.02. The number of nitrogens with two attached hydrogens (primary N) is 1. The summed E-state index contributed by atoms with van der Waals surface area (Å²) in [6.45, 7) is 4.07. The monoisotopic (exact) mass is 158 g/mol. The van der Waals surface area contributed by atoms with Gasteiger partial charge in [0.1, 0.15) is 0 Å². The van der Waals surface area contributed by atoms with Crippen molar-refractivity contribution in [2.75, 3.05) is 5.75 Å². The second-order valence-corrected chi connectivity index (χ2v) is 4.19. The van der Waals surface area contributed by atoms with E-state index in [0.717, 1.165) is 5.84 Å². The third kappa shape index (κ3) is 1.90. The van der Waals surface area contributed by atoms with E-state index in [4.69, 9.17) is 5.73 Å². The Morgan fingerprint density at radius 1 is 1.70 bits per heavy atom. The SMILES string of the molecule is CC(N)=NC1CCSC1C. The number of nitrogens with zero attached hydrogens (tertiary/aromatic N) is 1. The quantitative estimate of drug-likeness (QED) is 0.461. The van der Waals surface area contributed by atoms with Gasteiger partial charge in [0.2, 0.25) is 0 Å². The van der Waals surface area contributed by atoms with Crippen molar-refractivity contribution in [2.45, 2.75) is 31.6 Å². The summed E-state index contributed by atoms with van der Waals surface area (Å²) in [4.78, 5) is 4.33. The zero-order valence-corrected chi connectivity index (χ0v) is 7.32. The molecule has 1 aliphatic heterocycles. The molecule has 0 radical (unpaired) electrons. The topological polar surface area (TPSA) is 38.4 Å². The molecule has 2 N–H and O–H groups in total. The molecule has 1 heterocycles. The lowest BCUT2D eigenvalue weighted by Gasteiger charge is -2.08. The van der Waals surface area contributed by atoms with Gasteiger partial charge in [-0.15, -0.1) is 0 Å². The Balaban J connectivity index is 2.48. The van der Waals surface area contributed by atoms with Gasteiger partial charge in [-0.3, -0.25) is 4.99 Å². The Labute approximate surface area is 66.3 Å². The predicted molar refractivity (Wildman–Crippen MR) is 47.6 cm³/mol. The molecule has 1 fully saturated rings. The molecule has 1 aliphatic rings. The third-order valence-electron chi connectivity index (χ3n) is 1.71. The smallest absolute Gasteiger partial charge is 0.0909 e. The van der Waals surface area contributed by atoms with Crippen molar-refractivity contribution in [1.29, 1.82) is 0 Å². The molecule has 10 heavy (non-hydrogen) atoms. The van der Waals surface area contributed by atoms with Crippen LogP contribution in [-0.4, -0.2) is 22.9 Å². The zero-order chi connectivity index (χ0) is 7.56. The van der Waals surface area contributed by atoms with Gasteiger partial charge in [-0.2, -0.15) is 11.8 Å². The van der Waals surface area contributed by atoms with Gasteiger partial charge in [0, 0.05) is 5.25 Å². The second kappa shape index (κ2) is 3.28. The highest BCUT2D eigenvalue weighted by Gasteiger charge is 2.22. The van der Waals surface area contributed by atoms with Crippen LogP contribution in [0.4, 0.5) is 0 Å². The molecule has 0 aromatic heterocycles. The van der Waals surface area contributed by atoms with Crippen molar-refractivity contribution in [1.82, 2.24) is 0 Å². The average Bonchev–Trinajstić information content (AvgIpc) is 2.15. The van der Waals surface area contributed by atoms with Crippen LogP contribution in [0, 0.1) is 0 Å². The van der Waals surface area contributed by atoms with Crippen LogP contribution in [0.15, 0.2) is 4.99 Å². The predicted octanol–water partition coefficient (Wildman–Crippen LogP) is 1.26. The van der Waals surface area contributed by atoms with Gasteiger partial charge >= 0.3 is 0 Å². The summed E-state index contributed by atoms with van der Waals surface area (Å²) in [5, 5.41) is 0.665. The lowest BCUT2D eigenvalue weighted by atomic mass is 10.2. The summed E-state index contributed by atoms with van der Waals surface area (Å²) < 4.78 is 0. The molecule has 0 aromatic rings. The van der Waals surface area contributed by atoms with Crippen LogP contribution in [0.1, 0.15) is 20.3 Å². The fraction of sp³-hybridized carbons (Fsp3) is 0.857. The van der Waals surface area contributed by atoms with E-state index in [1.807, 2.05) is 18.7 Å². The molecule has 0 amide bonds. The number of rotatable bonds is 1. The maximum atomic E-state index is 5.48. The molecule has 0 aromatic carbocycles. The maximum absolute atomic E-state index is 5.48. The summed E-state index contributed by atoms with van der Waals surface area (Å²) >= 11 is 1.98. The first-order valence-corrected chi connectivity index (χ1v) is 4.66. The minimum atomic E-state index is 0.481. The summed E-state index contributed by atoms with van der Waals surface area (Å²) in [6, 6.07) is 0.481. The Morgan fingerprint density at radius 2 is 2.40 bits per heavy atom. The molecule has 2 atom stereocenters. The van der Waals surface area contributed by atoms with Gasteiger partial charge in [-0.25, -0.2) is 0 Å². The highest BCUT2D eigenvalue weighted by molar-refractivity contribution is 8.00. The first-order valence-electron chi connectivity index (χ1n) is 3.61. The molecule has 3 heteroatoms. The highest BCUT2D eigenvalue weighted by atomic mass is 32.2. The van der Waals surface area contributed by atoms with E-state index < -0.39 is 0 Å². The van der Waals surface area contributed by atoms with Gasteiger partial charge in [0.15, 0.2) is 0 Å². The molecule has 0 spiro atoms. The van der Waals surface area contributed by atoms with Crippen LogP contribution >= 0.6 is 11.8 Å². The standard InChI is InChI=1S/C7H14N2S/c1-5-7(3-4-10-5)9-6(2)8/h5,7H,3-4H2,1-2H3,(H2,8,9). The summed E-state index contributed by atoms with van der Waals surface area (Å²) in [7, 11) is 0. The molecule has 0 bridgehead atoms. The molecule has 2 nitrogen and oxygen atoms in total. The van der Waals surface area contributed by atoms with Crippen molar-refractivity contribution in [3.63, 3.8) is 0 Å². The van der Waals surface area contributed by atoms with Gasteiger partial charge in [-0.1, -0.05) is 6.92 Å². The van der Waals surface area contributed by atoms with Crippen molar-refractivity contribution >= 4 is 17.6 Å². The molecular formula is C7H14N2S. The number of hydrogen-bond donors (Lipinski definition) is 1. The minimum Gasteiger partial charge on any atom is -0.388 e. The number of thioether (sulfide) groups is 1. The molecule has 0 saturated carbocycles. The first-order chi connectivity index (χ1) is 4.70. The fourth-order valence-electron chi connectivity index (χ4n) is 1.15. The van der Waals surface area contributed by atoms with Crippen molar-refractivity contribution in [3.05, 3.63) is 0 Å². The van der Waals surface area contributed by atoms with Crippen LogP contribution in [0.2, 0.25) is 0 Å². The minimum absolute atomic E-state index is 0.481. The Bertz CT molecular complexity index is 141. The van der Waals surface area contributed by atoms with Crippen LogP contribution in [-0.2, 0) is 0 Å². The van der Waals surface area contributed by atoms with Crippen molar-refractivity contribution in [3.8, 4) is 0 Å². The zero-order valence-electron chi connectivity index (χ0n) is 6.50. The van der Waals surface area contributed by atoms with E-state index >= 15 is 0 Å². The van der Waals surface area contributed by atoms with Gasteiger partial charge < -0.3 is 5.73 Å². The van der Waals surface area contributed by atoms with E-state index in [1.165, 1.54) is 12.2 Å². The van der Waals surface area contributed by atoms with Crippen LogP contribution < -0.4 is 5.73 Å². The van der Waals surface area contributed by atoms with Gasteiger partial charge in [0.05, 0.1) is 11.9 Å². The summed E-state index contributed by atoms with van der Waals surface area (Å²) in [6.07, 6.45) is 1.19. The average molecular weight is 158 g/mol. The molecule has 0 aliphatic carbocycles. The molecule has 1 rings (SSSR count). The van der Waals surface area contributed by atoms with Gasteiger partial charge in [-0.05, 0) is 19.1 Å². The van der Waals surface area contributed by atoms with Crippen molar-refractivity contribution in [2.24, 2.45) is 10.7 Å². The molecule has 1 saturated heterocycles. The summed E-state index contributed by atoms with van der Waals surface area (Å²) in [5.41, 5.74) is 5.48. The van der Waals surface area contributed by atoms with E-state index in [1.54, 1.807) is 0 Å². The molecule has 2 unspecified atom stereocenters. The maximum Gasteiger partial charge on any atom is 0.0909 e. The number of amidine groups is 1. The van der Waals surface area contributed by atoms with Crippen LogP contribution in [0.5, 0.6) is 0 Å². The lowest BCUT2D eigenvalue weighted by Crippen LogP contribution is -2.17. The van der Waals surface area contributed by atoms with E-state index in [-0.39, 0.29) is 0 Å². The van der Waals surface area contributed by atoms with E-state index in [9.17, 15) is 0 Å².